The lowest BCUT2D eigenvalue weighted by Crippen LogP contribution is -2.18. The van der Waals surface area contributed by atoms with Gasteiger partial charge in [0.2, 0.25) is 0 Å². The fourth-order valence-electron chi connectivity index (χ4n) is 3.20. The van der Waals surface area contributed by atoms with Gasteiger partial charge in [-0.25, -0.2) is 8.42 Å². The van der Waals surface area contributed by atoms with Crippen LogP contribution in [0.1, 0.15) is 54.0 Å². The Labute approximate surface area is 171 Å². The van der Waals surface area contributed by atoms with Crippen LogP contribution in [0.4, 0.5) is 18.9 Å². The molecule has 11 heteroatoms. The molecule has 29 heavy (non-hydrogen) atoms. The zero-order valence-electron chi connectivity index (χ0n) is 15.6. The fourth-order valence-corrected chi connectivity index (χ4v) is 5.05. The third kappa shape index (κ3) is 4.75. The van der Waals surface area contributed by atoms with Crippen molar-refractivity contribution in [2.45, 2.75) is 38.4 Å². The van der Waals surface area contributed by atoms with Crippen molar-refractivity contribution in [3.05, 3.63) is 46.2 Å². The minimum Gasteiger partial charge on any atom is -0.319 e. The summed E-state index contributed by atoms with van der Waals surface area (Å²) in [6.07, 6.45) is -4.19. The number of halogens is 4. The maximum absolute atomic E-state index is 12.9. The van der Waals surface area contributed by atoms with Crippen LogP contribution in [0.15, 0.2) is 24.3 Å². The van der Waals surface area contributed by atoms with E-state index in [9.17, 15) is 26.4 Å². The molecule has 1 saturated heterocycles. The number of anilines is 1. The minimum absolute atomic E-state index is 0.0218. The standard InChI is InChI=1S/C18H19ClF3N3O3S/c1-10(2)16-8-15(24-25(16)12-5-6-29(27,28)9-12)17(26)23-14-7-11(18(20,21)22)3-4-13(14)19/h3-4,7-8,10,12H,5-6,9H2,1-2H3,(H,23,26). The zero-order valence-corrected chi connectivity index (χ0v) is 17.2. The lowest BCUT2D eigenvalue weighted by molar-refractivity contribution is -0.137. The molecule has 3 rings (SSSR count). The fraction of sp³-hybridized carbons (Fsp3) is 0.444. The number of aromatic nitrogens is 2. The topological polar surface area (TPSA) is 81.1 Å². The average Bonchev–Trinajstić information content (AvgIpc) is 3.19. The normalized spacial score (nSPS) is 18.9. The third-order valence-corrected chi connectivity index (χ3v) is 6.76. The Bertz CT molecular complexity index is 1050. The molecule has 0 bridgehead atoms. The number of carbonyl (C=O) groups excluding carboxylic acids is 1. The van der Waals surface area contributed by atoms with Crippen molar-refractivity contribution in [3.63, 3.8) is 0 Å². The first-order valence-corrected chi connectivity index (χ1v) is 11.1. The number of nitrogens with zero attached hydrogens (tertiary/aromatic N) is 2. The van der Waals surface area contributed by atoms with Crippen molar-refractivity contribution < 1.29 is 26.4 Å². The molecule has 1 aromatic carbocycles. The second-order valence-electron chi connectivity index (χ2n) is 7.26. The van der Waals surface area contributed by atoms with E-state index in [1.54, 1.807) is 0 Å². The van der Waals surface area contributed by atoms with Gasteiger partial charge in [-0.05, 0) is 36.6 Å². The number of carbonyl (C=O) groups is 1. The highest BCUT2D eigenvalue weighted by Crippen LogP contribution is 2.34. The van der Waals surface area contributed by atoms with Crippen LogP contribution in [0.25, 0.3) is 0 Å². The summed E-state index contributed by atoms with van der Waals surface area (Å²) in [5, 5.41) is 6.57. The molecule has 0 saturated carbocycles. The molecule has 0 spiro atoms. The van der Waals surface area contributed by atoms with Gasteiger partial charge in [0.1, 0.15) is 0 Å². The van der Waals surface area contributed by atoms with E-state index in [0.29, 0.717) is 12.1 Å². The van der Waals surface area contributed by atoms with E-state index in [1.807, 2.05) is 13.8 Å². The summed E-state index contributed by atoms with van der Waals surface area (Å²) in [5.74, 6) is -0.775. The van der Waals surface area contributed by atoms with E-state index >= 15 is 0 Å². The van der Waals surface area contributed by atoms with Gasteiger partial charge in [-0.2, -0.15) is 18.3 Å². The van der Waals surface area contributed by atoms with Crippen LogP contribution in [0.2, 0.25) is 5.02 Å². The highest BCUT2D eigenvalue weighted by Gasteiger charge is 2.33. The number of nitrogens with one attached hydrogen (secondary N) is 1. The summed E-state index contributed by atoms with van der Waals surface area (Å²) in [4.78, 5) is 12.6. The maximum atomic E-state index is 12.9. The number of alkyl halides is 3. The maximum Gasteiger partial charge on any atom is 0.416 e. The van der Waals surface area contributed by atoms with Crippen LogP contribution >= 0.6 is 11.6 Å². The number of hydrogen-bond acceptors (Lipinski definition) is 4. The van der Waals surface area contributed by atoms with Gasteiger partial charge < -0.3 is 5.32 Å². The second-order valence-corrected chi connectivity index (χ2v) is 9.89. The molecule has 6 nitrogen and oxygen atoms in total. The predicted octanol–water partition coefficient (Wildman–Crippen LogP) is 4.29. The van der Waals surface area contributed by atoms with Crippen LogP contribution in [0.5, 0.6) is 0 Å². The molecule has 1 aromatic heterocycles. The van der Waals surface area contributed by atoms with Gasteiger partial charge in [0.25, 0.3) is 5.91 Å². The third-order valence-electron chi connectivity index (χ3n) is 4.68. The van der Waals surface area contributed by atoms with E-state index in [-0.39, 0.29) is 39.9 Å². The van der Waals surface area contributed by atoms with E-state index in [2.05, 4.69) is 10.4 Å². The van der Waals surface area contributed by atoms with Gasteiger partial charge in [0.05, 0.1) is 33.8 Å². The van der Waals surface area contributed by atoms with Gasteiger partial charge in [0.15, 0.2) is 15.5 Å². The van der Waals surface area contributed by atoms with Crippen LogP contribution in [-0.2, 0) is 16.0 Å². The van der Waals surface area contributed by atoms with Gasteiger partial charge >= 0.3 is 6.18 Å². The molecule has 0 aliphatic carbocycles. The van der Waals surface area contributed by atoms with Crippen molar-refractivity contribution in [2.24, 2.45) is 0 Å². The Balaban J connectivity index is 1.90. The first kappa shape index (κ1) is 21.6. The lowest BCUT2D eigenvalue weighted by Gasteiger charge is -2.15. The van der Waals surface area contributed by atoms with Gasteiger partial charge in [-0.1, -0.05) is 25.4 Å². The molecule has 1 unspecified atom stereocenters. The minimum atomic E-state index is -4.58. The van der Waals surface area contributed by atoms with Crippen molar-refractivity contribution in [1.29, 1.82) is 0 Å². The van der Waals surface area contributed by atoms with E-state index < -0.39 is 27.5 Å². The summed E-state index contributed by atoms with van der Waals surface area (Å²) in [7, 11) is -3.16. The molecular weight excluding hydrogens is 431 g/mol. The van der Waals surface area contributed by atoms with Crippen LogP contribution in [-0.4, -0.2) is 35.6 Å². The van der Waals surface area contributed by atoms with Crippen molar-refractivity contribution in [2.75, 3.05) is 16.8 Å². The number of sulfone groups is 1. The van der Waals surface area contributed by atoms with Gasteiger partial charge in [-0.3, -0.25) is 9.48 Å². The van der Waals surface area contributed by atoms with Crippen LogP contribution in [0, 0.1) is 0 Å². The van der Waals surface area contributed by atoms with Crippen molar-refractivity contribution in [1.82, 2.24) is 9.78 Å². The highest BCUT2D eigenvalue weighted by atomic mass is 35.5. The van der Waals surface area contributed by atoms with Crippen molar-refractivity contribution in [3.8, 4) is 0 Å². The Kier molecular flexibility index (Phi) is 5.70. The Morgan fingerprint density at radius 1 is 1.31 bits per heavy atom. The Morgan fingerprint density at radius 2 is 2.00 bits per heavy atom. The quantitative estimate of drug-likeness (QED) is 0.755. The average molecular weight is 450 g/mol. The van der Waals surface area contributed by atoms with E-state index in [4.69, 9.17) is 11.6 Å². The number of rotatable bonds is 4. The molecule has 158 valence electrons. The highest BCUT2D eigenvalue weighted by molar-refractivity contribution is 7.91. The first-order valence-electron chi connectivity index (χ1n) is 8.85. The number of benzene rings is 1. The van der Waals surface area contributed by atoms with E-state index in [0.717, 1.165) is 18.2 Å². The molecular formula is C18H19ClF3N3O3S. The summed E-state index contributed by atoms with van der Waals surface area (Å²) < 4.78 is 63.9. The molecule has 1 atom stereocenters. The monoisotopic (exact) mass is 449 g/mol. The molecule has 1 N–H and O–H groups in total. The molecule has 2 aromatic rings. The predicted molar refractivity (Wildman–Crippen MR) is 103 cm³/mol. The first-order chi connectivity index (χ1) is 13.4. The summed E-state index contributed by atoms with van der Waals surface area (Å²) in [5.41, 5.74) is -0.476. The number of hydrogen-bond donors (Lipinski definition) is 1. The van der Waals surface area contributed by atoms with E-state index in [1.165, 1.54) is 10.7 Å². The molecule has 1 aliphatic rings. The van der Waals surface area contributed by atoms with Crippen molar-refractivity contribution >= 4 is 33.0 Å². The molecule has 1 aliphatic heterocycles. The van der Waals surface area contributed by atoms with Crippen LogP contribution in [0.3, 0.4) is 0 Å². The largest absolute Gasteiger partial charge is 0.416 e. The lowest BCUT2D eigenvalue weighted by atomic mass is 10.1. The molecule has 1 amide bonds. The summed E-state index contributed by atoms with van der Waals surface area (Å²) in [6, 6.07) is 3.78. The Hall–Kier alpha value is -2.07. The SMILES string of the molecule is CC(C)c1cc(C(=O)Nc2cc(C(F)(F)F)ccc2Cl)nn1C1CCS(=O)(=O)C1. The summed E-state index contributed by atoms with van der Waals surface area (Å²) >= 11 is 5.93. The van der Waals surface area contributed by atoms with Gasteiger partial charge in [-0.15, -0.1) is 0 Å². The number of amides is 1. The molecule has 1 fully saturated rings. The Morgan fingerprint density at radius 3 is 2.55 bits per heavy atom. The van der Waals surface area contributed by atoms with Gasteiger partial charge in [0, 0.05) is 5.69 Å². The van der Waals surface area contributed by atoms with Crippen LogP contribution < -0.4 is 5.32 Å². The molecule has 2 heterocycles. The second kappa shape index (κ2) is 7.64. The zero-order chi connectivity index (χ0) is 21.6. The smallest absolute Gasteiger partial charge is 0.319 e. The molecule has 0 radical (unpaired) electrons. The summed E-state index contributed by atoms with van der Waals surface area (Å²) in [6.45, 7) is 3.75.